The van der Waals surface area contributed by atoms with E-state index in [9.17, 15) is 10.2 Å². The molecular formula is C46H58N4O2. The van der Waals surface area contributed by atoms with E-state index >= 15 is 0 Å². The van der Waals surface area contributed by atoms with Gasteiger partial charge in [-0.1, -0.05) is 103 Å². The number of phenols is 2. The summed E-state index contributed by atoms with van der Waals surface area (Å²) in [5, 5.41) is 23.1. The topological polar surface area (TPSA) is 71.7 Å². The molecule has 0 bridgehead atoms. The molecule has 0 saturated carbocycles. The van der Waals surface area contributed by atoms with Gasteiger partial charge in [-0.25, -0.2) is 0 Å². The Morgan fingerprint density at radius 2 is 0.904 bits per heavy atom. The van der Waals surface area contributed by atoms with Crippen molar-refractivity contribution >= 4 is 23.8 Å². The summed E-state index contributed by atoms with van der Waals surface area (Å²) in [7, 11) is 0. The lowest BCUT2D eigenvalue weighted by atomic mass is 9.84. The number of rotatable bonds is 9. The Hall–Kier alpha value is -4.26. The van der Waals surface area contributed by atoms with Crippen LogP contribution in [0.5, 0.6) is 11.5 Å². The van der Waals surface area contributed by atoms with Crippen molar-refractivity contribution in [3.8, 4) is 22.6 Å². The zero-order chi connectivity index (χ0) is 36.9. The molecule has 0 aromatic heterocycles. The van der Waals surface area contributed by atoms with Gasteiger partial charge >= 0.3 is 0 Å². The van der Waals surface area contributed by atoms with Crippen molar-refractivity contribution in [1.29, 1.82) is 0 Å². The average molecular weight is 699 g/mol. The molecule has 2 aliphatic heterocycles. The Bertz CT molecular complexity index is 1760. The Kier molecular flexibility index (Phi) is 11.7. The van der Waals surface area contributed by atoms with Gasteiger partial charge in [0.2, 0.25) is 0 Å². The number of hydrogen-bond acceptors (Lipinski definition) is 6. The molecule has 0 spiro atoms. The number of phenolic OH excluding ortho intramolecular Hbond substituents is 2. The summed E-state index contributed by atoms with van der Waals surface area (Å²) in [6.07, 6.45) is 11.0. The van der Waals surface area contributed by atoms with Gasteiger partial charge in [0.15, 0.2) is 0 Å². The molecule has 6 nitrogen and oxygen atoms in total. The van der Waals surface area contributed by atoms with Crippen LogP contribution in [-0.4, -0.2) is 58.6 Å². The van der Waals surface area contributed by atoms with Crippen LogP contribution in [0, 0.1) is 0 Å². The number of likely N-dealkylation sites (tertiary alicyclic amines) is 2. The minimum Gasteiger partial charge on any atom is -0.507 e. The number of nitrogens with zero attached hydrogens (tertiary/aromatic N) is 4. The molecule has 0 unspecified atom stereocenters. The standard InChI is InChI=1S/C46H58N4O2/c1-45(2,3)37-25-33(43(51)35(27-37)31-49-21-13-7-14-22-49)29-47-41-19-11-9-17-39(41)40-18-10-12-20-42(40)48-30-34-26-38(46(4,5)6)28-36(44(34)52)32-50-23-15-8-16-24-50/h9-12,17-20,25-30,51-52H,7-8,13-16,21-24,31-32H2,1-6H3. The molecule has 2 fully saturated rings. The van der Waals surface area contributed by atoms with Crippen LogP contribution in [-0.2, 0) is 23.9 Å². The van der Waals surface area contributed by atoms with Gasteiger partial charge in [0.1, 0.15) is 11.5 Å². The fourth-order valence-electron chi connectivity index (χ4n) is 7.36. The highest BCUT2D eigenvalue weighted by atomic mass is 16.3. The lowest BCUT2D eigenvalue weighted by Gasteiger charge is -2.28. The van der Waals surface area contributed by atoms with E-state index in [-0.39, 0.29) is 10.8 Å². The molecule has 4 aromatic rings. The zero-order valence-electron chi connectivity index (χ0n) is 32.3. The normalized spacial score (nSPS) is 16.7. The summed E-state index contributed by atoms with van der Waals surface area (Å²) in [5.74, 6) is 0.614. The van der Waals surface area contributed by atoms with Crippen LogP contribution in [0.1, 0.15) is 113 Å². The second kappa shape index (κ2) is 16.2. The fourth-order valence-corrected chi connectivity index (χ4v) is 7.36. The second-order valence-electron chi connectivity index (χ2n) is 16.9. The van der Waals surface area contributed by atoms with E-state index in [4.69, 9.17) is 9.98 Å². The smallest absolute Gasteiger partial charge is 0.128 e. The molecule has 2 heterocycles. The minimum absolute atomic E-state index is 0.0725. The van der Waals surface area contributed by atoms with Gasteiger partial charge in [0.25, 0.3) is 0 Å². The third-order valence-electron chi connectivity index (χ3n) is 10.6. The SMILES string of the molecule is CC(C)(C)c1cc(C=Nc2ccccc2-c2ccccc2N=Cc2cc(C(C)(C)C)cc(CN3CCCCC3)c2O)c(O)c(CN2CCCCC2)c1. The molecule has 274 valence electrons. The molecule has 52 heavy (non-hydrogen) atoms. The summed E-state index contributed by atoms with van der Waals surface area (Å²) < 4.78 is 0. The van der Waals surface area contributed by atoms with Crippen LogP contribution in [0.4, 0.5) is 11.4 Å². The number of aliphatic imine (C=N–C) groups is 2. The number of para-hydroxylation sites is 2. The van der Waals surface area contributed by atoms with E-state index in [1.165, 1.54) is 49.7 Å². The first kappa shape index (κ1) is 37.5. The van der Waals surface area contributed by atoms with Crippen molar-refractivity contribution in [2.45, 2.75) is 104 Å². The van der Waals surface area contributed by atoms with Crippen LogP contribution in [0.25, 0.3) is 11.1 Å². The zero-order valence-corrected chi connectivity index (χ0v) is 32.3. The maximum absolute atomic E-state index is 11.5. The molecule has 2 aliphatic rings. The third kappa shape index (κ3) is 9.20. The Balaban J connectivity index is 1.33. The largest absolute Gasteiger partial charge is 0.507 e. The van der Waals surface area contributed by atoms with Gasteiger partial charge in [-0.2, -0.15) is 0 Å². The predicted octanol–water partition coefficient (Wildman–Crippen LogP) is 10.8. The van der Waals surface area contributed by atoms with Crippen molar-refractivity contribution in [3.63, 3.8) is 0 Å². The first-order chi connectivity index (χ1) is 24.9. The van der Waals surface area contributed by atoms with E-state index in [0.717, 1.165) is 84.0 Å². The number of benzene rings is 4. The molecule has 0 amide bonds. The Morgan fingerprint density at radius 3 is 1.27 bits per heavy atom. The number of piperidine rings is 2. The van der Waals surface area contributed by atoms with Gasteiger partial charge in [0, 0.05) is 58.9 Å². The fraction of sp³-hybridized carbons (Fsp3) is 0.435. The number of aromatic hydroxyl groups is 2. The molecule has 2 saturated heterocycles. The third-order valence-corrected chi connectivity index (χ3v) is 10.6. The average Bonchev–Trinajstić information content (AvgIpc) is 3.12. The molecule has 0 radical (unpaired) electrons. The predicted molar refractivity (Wildman–Crippen MR) is 218 cm³/mol. The van der Waals surface area contributed by atoms with Crippen LogP contribution in [0.2, 0.25) is 0 Å². The molecule has 4 aromatic carbocycles. The Labute approximate surface area is 312 Å². The van der Waals surface area contributed by atoms with Gasteiger partial charge < -0.3 is 10.2 Å². The van der Waals surface area contributed by atoms with Crippen LogP contribution in [0.15, 0.2) is 82.8 Å². The summed E-state index contributed by atoms with van der Waals surface area (Å²) in [6.45, 7) is 19.0. The van der Waals surface area contributed by atoms with E-state index in [1.54, 1.807) is 0 Å². The first-order valence-corrected chi connectivity index (χ1v) is 19.3. The maximum atomic E-state index is 11.5. The summed E-state index contributed by atoms with van der Waals surface area (Å²) in [6, 6.07) is 24.7. The number of hydrogen-bond donors (Lipinski definition) is 2. The van der Waals surface area contributed by atoms with E-state index in [1.807, 2.05) is 48.8 Å². The molecule has 0 aliphatic carbocycles. The highest BCUT2D eigenvalue weighted by molar-refractivity contribution is 5.93. The highest BCUT2D eigenvalue weighted by Gasteiger charge is 2.22. The summed E-state index contributed by atoms with van der Waals surface area (Å²) in [5.41, 5.74) is 9.10. The summed E-state index contributed by atoms with van der Waals surface area (Å²) >= 11 is 0. The quantitative estimate of drug-likeness (QED) is 0.171. The molecule has 2 N–H and O–H groups in total. The molecule has 0 atom stereocenters. The van der Waals surface area contributed by atoms with Gasteiger partial charge in [0.05, 0.1) is 11.4 Å². The highest BCUT2D eigenvalue weighted by Crippen LogP contribution is 2.38. The maximum Gasteiger partial charge on any atom is 0.128 e. The van der Waals surface area contributed by atoms with Crippen LogP contribution in [0.3, 0.4) is 0 Å². The molecule has 6 rings (SSSR count). The lowest BCUT2D eigenvalue weighted by Crippen LogP contribution is -2.29. The minimum atomic E-state index is -0.0725. The Morgan fingerprint density at radius 1 is 0.538 bits per heavy atom. The second-order valence-corrected chi connectivity index (χ2v) is 16.9. The van der Waals surface area contributed by atoms with Gasteiger partial charge in [-0.3, -0.25) is 19.8 Å². The monoisotopic (exact) mass is 698 g/mol. The van der Waals surface area contributed by atoms with Gasteiger partial charge in [-0.15, -0.1) is 0 Å². The van der Waals surface area contributed by atoms with Crippen molar-refractivity contribution in [2.75, 3.05) is 26.2 Å². The van der Waals surface area contributed by atoms with E-state index in [0.29, 0.717) is 11.5 Å². The van der Waals surface area contributed by atoms with Crippen LogP contribution >= 0.6 is 0 Å². The van der Waals surface area contributed by atoms with Crippen molar-refractivity contribution < 1.29 is 10.2 Å². The van der Waals surface area contributed by atoms with E-state index < -0.39 is 0 Å². The molecule has 6 heteroatoms. The summed E-state index contributed by atoms with van der Waals surface area (Å²) in [4.78, 5) is 14.9. The van der Waals surface area contributed by atoms with E-state index in [2.05, 4.69) is 87.7 Å². The van der Waals surface area contributed by atoms with Crippen molar-refractivity contribution in [3.05, 3.63) is 106 Å². The van der Waals surface area contributed by atoms with Crippen molar-refractivity contribution in [1.82, 2.24) is 9.80 Å². The van der Waals surface area contributed by atoms with Crippen LogP contribution < -0.4 is 0 Å². The molecular weight excluding hydrogens is 641 g/mol. The lowest BCUT2D eigenvalue weighted by molar-refractivity contribution is 0.218. The van der Waals surface area contributed by atoms with Gasteiger partial charge in [-0.05, 0) is 98.1 Å². The van der Waals surface area contributed by atoms with Crippen molar-refractivity contribution in [2.24, 2.45) is 9.98 Å². The first-order valence-electron chi connectivity index (χ1n) is 19.3.